The van der Waals surface area contributed by atoms with Crippen molar-refractivity contribution < 1.29 is 9.63 Å². The number of thiophene rings is 1. The molecule has 0 amide bonds. The van der Waals surface area contributed by atoms with E-state index in [1.54, 1.807) is 11.3 Å². The van der Waals surface area contributed by atoms with Crippen LogP contribution in [0.2, 0.25) is 0 Å². The topological polar surface area (TPSA) is 41.9 Å². The van der Waals surface area contributed by atoms with E-state index in [4.69, 9.17) is 4.84 Å². The number of oxime groups is 1. The highest BCUT2D eigenvalue weighted by Crippen LogP contribution is 2.32. The van der Waals surface area contributed by atoms with Crippen LogP contribution in [0.25, 0.3) is 6.08 Å². The van der Waals surface area contributed by atoms with Gasteiger partial charge >= 0.3 is 5.97 Å². The maximum Gasteiger partial charge on any atom is 0.367 e. The summed E-state index contributed by atoms with van der Waals surface area (Å²) in [4.78, 5) is 20.7. The van der Waals surface area contributed by atoms with Crippen molar-refractivity contribution in [3.63, 3.8) is 0 Å². The molecule has 2 heterocycles. The van der Waals surface area contributed by atoms with Gasteiger partial charge in [0.1, 0.15) is 5.71 Å². The van der Waals surface area contributed by atoms with Crippen molar-refractivity contribution in [3.8, 4) is 0 Å². The molecule has 4 nitrogen and oxygen atoms in total. The Morgan fingerprint density at radius 3 is 2.17 bits per heavy atom. The summed E-state index contributed by atoms with van der Waals surface area (Å²) in [6.45, 7) is 12.9. The molecule has 0 radical (unpaired) electrons. The summed E-state index contributed by atoms with van der Waals surface area (Å²) in [6.07, 6.45) is 12.2. The predicted molar refractivity (Wildman–Crippen MR) is 126 cm³/mol. The molecule has 0 saturated heterocycles. The van der Waals surface area contributed by atoms with E-state index in [1.165, 1.54) is 56.4 Å². The first-order valence-corrected chi connectivity index (χ1v) is 12.0. The van der Waals surface area contributed by atoms with E-state index in [1.807, 2.05) is 6.08 Å². The van der Waals surface area contributed by atoms with Gasteiger partial charge in [0, 0.05) is 23.4 Å². The third kappa shape index (κ3) is 7.29. The van der Waals surface area contributed by atoms with Gasteiger partial charge in [-0.25, -0.2) is 4.79 Å². The van der Waals surface area contributed by atoms with E-state index in [2.05, 4.69) is 56.8 Å². The first-order valence-electron chi connectivity index (χ1n) is 11.2. The van der Waals surface area contributed by atoms with Crippen LogP contribution in [0.4, 0.5) is 5.00 Å². The van der Waals surface area contributed by atoms with Crippen LogP contribution >= 0.6 is 11.3 Å². The summed E-state index contributed by atoms with van der Waals surface area (Å²) in [7, 11) is 0. The largest absolute Gasteiger partial charge is 0.367 e. The Balaban J connectivity index is 2.11. The molecule has 0 unspecified atom stereocenters. The molecule has 1 aliphatic rings. The van der Waals surface area contributed by atoms with Crippen molar-refractivity contribution in [2.24, 2.45) is 10.6 Å². The molecule has 162 valence electrons. The number of hydrogen-bond acceptors (Lipinski definition) is 5. The lowest BCUT2D eigenvalue weighted by atomic mass is 9.85. The van der Waals surface area contributed by atoms with Crippen molar-refractivity contribution in [1.82, 2.24) is 0 Å². The second kappa shape index (κ2) is 11.5. The van der Waals surface area contributed by atoms with Gasteiger partial charge in [-0.15, -0.1) is 11.3 Å². The molecule has 0 aliphatic carbocycles. The van der Waals surface area contributed by atoms with Gasteiger partial charge in [-0.05, 0) is 31.1 Å². The summed E-state index contributed by atoms with van der Waals surface area (Å²) in [6, 6.07) is 4.31. The smallest absolute Gasteiger partial charge is 0.363 e. The summed E-state index contributed by atoms with van der Waals surface area (Å²) in [5.74, 6) is -0.346. The molecular weight excluding hydrogens is 380 g/mol. The van der Waals surface area contributed by atoms with Gasteiger partial charge in [0.05, 0.1) is 10.6 Å². The van der Waals surface area contributed by atoms with Crippen LogP contribution in [0, 0.1) is 5.41 Å². The van der Waals surface area contributed by atoms with Crippen molar-refractivity contribution >= 4 is 34.1 Å². The van der Waals surface area contributed by atoms with E-state index in [-0.39, 0.29) is 11.4 Å². The van der Waals surface area contributed by atoms with Crippen LogP contribution in [0.5, 0.6) is 0 Å². The average molecular weight is 419 g/mol. The van der Waals surface area contributed by atoms with Crippen LogP contribution < -0.4 is 4.90 Å². The van der Waals surface area contributed by atoms with Gasteiger partial charge < -0.3 is 9.74 Å². The zero-order chi connectivity index (χ0) is 21.3. The number of unbranched alkanes of at least 4 members (excludes halogenated alkanes) is 6. The first kappa shape index (κ1) is 23.7. The minimum atomic E-state index is -0.346. The minimum Gasteiger partial charge on any atom is -0.363 e. The molecule has 29 heavy (non-hydrogen) atoms. The summed E-state index contributed by atoms with van der Waals surface area (Å²) >= 11 is 1.76. The Kier molecular flexibility index (Phi) is 9.41. The molecule has 0 fully saturated rings. The van der Waals surface area contributed by atoms with Crippen LogP contribution in [0.15, 0.2) is 22.9 Å². The van der Waals surface area contributed by atoms with Gasteiger partial charge in [-0.3, -0.25) is 0 Å². The second-order valence-corrected chi connectivity index (χ2v) is 10.0. The van der Waals surface area contributed by atoms with Crippen LogP contribution in [0.1, 0.15) is 90.9 Å². The van der Waals surface area contributed by atoms with Crippen molar-refractivity contribution in [1.29, 1.82) is 0 Å². The fourth-order valence-electron chi connectivity index (χ4n) is 3.47. The van der Waals surface area contributed by atoms with E-state index >= 15 is 0 Å². The van der Waals surface area contributed by atoms with E-state index in [0.717, 1.165) is 23.7 Å². The van der Waals surface area contributed by atoms with Gasteiger partial charge in [0.2, 0.25) is 0 Å². The van der Waals surface area contributed by atoms with Crippen LogP contribution in [0.3, 0.4) is 0 Å². The molecule has 2 rings (SSSR count). The van der Waals surface area contributed by atoms with Gasteiger partial charge in [0.15, 0.2) is 0 Å². The highest BCUT2D eigenvalue weighted by molar-refractivity contribution is 7.17. The Bertz CT molecular complexity index is 701. The predicted octanol–water partition coefficient (Wildman–Crippen LogP) is 7.06. The van der Waals surface area contributed by atoms with E-state index < -0.39 is 0 Å². The monoisotopic (exact) mass is 418 g/mol. The maximum atomic E-state index is 12.2. The third-order valence-electron chi connectivity index (χ3n) is 5.18. The van der Waals surface area contributed by atoms with Crippen molar-refractivity contribution in [2.75, 3.05) is 18.0 Å². The van der Waals surface area contributed by atoms with E-state index in [9.17, 15) is 4.79 Å². The molecule has 0 bridgehead atoms. The first-order chi connectivity index (χ1) is 13.9. The van der Waals surface area contributed by atoms with Crippen LogP contribution in [-0.2, 0) is 9.63 Å². The lowest BCUT2D eigenvalue weighted by Crippen LogP contribution is -2.24. The zero-order valence-electron chi connectivity index (χ0n) is 18.9. The highest BCUT2D eigenvalue weighted by Gasteiger charge is 2.34. The minimum absolute atomic E-state index is 0.220. The lowest BCUT2D eigenvalue weighted by Gasteiger charge is -2.23. The molecular formula is C24H38N2O2S. The molecule has 1 aromatic rings. The standard InChI is InChI=1S/C24H38N2O2S/c1-6-8-10-12-16-26(17-13-11-9-7-2)21-15-14-19(29-21)18-20-22(24(3,4)5)25-28-23(20)27/h14-15,18H,6-13,16-17H2,1-5H3/b20-18-. The molecule has 0 saturated carbocycles. The number of rotatable bonds is 12. The summed E-state index contributed by atoms with van der Waals surface area (Å²) in [5, 5.41) is 5.31. The number of anilines is 1. The molecule has 1 aromatic heterocycles. The number of carbonyl (C=O) groups is 1. The fourth-order valence-corrected chi connectivity index (χ4v) is 4.48. The number of hydrogen-bond donors (Lipinski definition) is 0. The second-order valence-electron chi connectivity index (χ2n) is 8.91. The molecule has 0 aromatic carbocycles. The fraction of sp³-hybridized carbons (Fsp3) is 0.667. The Labute approximate surface area is 181 Å². The quantitative estimate of drug-likeness (QED) is 0.207. The summed E-state index contributed by atoms with van der Waals surface area (Å²) < 4.78 is 0. The van der Waals surface area contributed by atoms with Crippen LogP contribution in [-0.4, -0.2) is 24.8 Å². The Morgan fingerprint density at radius 2 is 1.62 bits per heavy atom. The Hall–Kier alpha value is -1.62. The highest BCUT2D eigenvalue weighted by atomic mass is 32.1. The van der Waals surface area contributed by atoms with Gasteiger partial charge in [-0.1, -0.05) is 78.3 Å². The molecule has 0 N–H and O–H groups in total. The zero-order valence-corrected chi connectivity index (χ0v) is 19.7. The maximum absolute atomic E-state index is 12.2. The third-order valence-corrected chi connectivity index (χ3v) is 6.27. The number of carbonyl (C=O) groups excluding carboxylic acids is 1. The van der Waals surface area contributed by atoms with Gasteiger partial charge in [-0.2, -0.15) is 0 Å². The molecule has 0 spiro atoms. The molecule has 1 aliphatic heterocycles. The van der Waals surface area contributed by atoms with Crippen molar-refractivity contribution in [2.45, 2.75) is 86.0 Å². The van der Waals surface area contributed by atoms with Crippen molar-refractivity contribution in [3.05, 3.63) is 22.6 Å². The lowest BCUT2D eigenvalue weighted by molar-refractivity contribution is -0.136. The molecule has 0 atom stereocenters. The Morgan fingerprint density at radius 1 is 1.00 bits per heavy atom. The SMILES string of the molecule is CCCCCCN(CCCCCC)c1ccc(/C=C2\C(=O)ON=C2C(C)(C)C)s1. The summed E-state index contributed by atoms with van der Waals surface area (Å²) in [5.41, 5.74) is 1.10. The van der Waals surface area contributed by atoms with Gasteiger partial charge in [0.25, 0.3) is 0 Å². The average Bonchev–Trinajstić information content (AvgIpc) is 3.28. The normalized spacial score (nSPS) is 15.7. The van der Waals surface area contributed by atoms with E-state index in [0.29, 0.717) is 5.57 Å². The number of nitrogens with zero attached hydrogens (tertiary/aromatic N) is 2. The molecule has 5 heteroatoms.